The molecule has 3 rings (SSSR count). The second kappa shape index (κ2) is 7.63. The molecule has 0 atom stereocenters. The van der Waals surface area contributed by atoms with E-state index < -0.39 is 35.3 Å². The van der Waals surface area contributed by atoms with E-state index in [0.717, 1.165) is 15.8 Å². The van der Waals surface area contributed by atoms with Crippen molar-refractivity contribution in [3.8, 4) is 16.9 Å². The van der Waals surface area contributed by atoms with Gasteiger partial charge >= 0.3 is 5.97 Å². The number of rotatable bonds is 5. The lowest BCUT2D eigenvalue weighted by Gasteiger charge is -2.15. The van der Waals surface area contributed by atoms with Crippen molar-refractivity contribution in [3.05, 3.63) is 52.4 Å². The van der Waals surface area contributed by atoms with Crippen LogP contribution < -0.4 is 15.8 Å². The molecule has 2 aromatic heterocycles. The van der Waals surface area contributed by atoms with Crippen molar-refractivity contribution in [2.75, 3.05) is 25.5 Å². The normalized spacial score (nSPS) is 10.7. The predicted molar refractivity (Wildman–Crippen MR) is 108 cm³/mol. The first kappa shape index (κ1) is 19.9. The molecule has 0 aliphatic rings. The van der Waals surface area contributed by atoms with Crippen LogP contribution in [-0.2, 0) is 11.8 Å². The van der Waals surface area contributed by atoms with Gasteiger partial charge in [0.25, 0.3) is 11.5 Å². The Bertz CT molecular complexity index is 1180. The lowest BCUT2D eigenvalue weighted by Crippen LogP contribution is -2.35. The number of carboxylic acid groups (broad SMARTS) is 1. The van der Waals surface area contributed by atoms with Crippen LogP contribution in [0.25, 0.3) is 22.2 Å². The summed E-state index contributed by atoms with van der Waals surface area (Å²) < 4.78 is 1.14. The molecule has 0 unspecified atom stereocenters. The van der Waals surface area contributed by atoms with E-state index in [1.165, 1.54) is 7.05 Å². The van der Waals surface area contributed by atoms with Crippen LogP contribution in [0.15, 0.2) is 41.3 Å². The Morgan fingerprint density at radius 3 is 2.59 bits per heavy atom. The fraction of sp³-hybridized carbons (Fsp3) is 0.200. The molecular formula is C20H20N4O5. The fourth-order valence-electron chi connectivity index (χ4n) is 2.97. The van der Waals surface area contributed by atoms with Crippen molar-refractivity contribution in [3.63, 3.8) is 0 Å². The van der Waals surface area contributed by atoms with E-state index in [-0.39, 0.29) is 11.0 Å². The van der Waals surface area contributed by atoms with Gasteiger partial charge < -0.3 is 20.4 Å². The molecule has 3 aromatic rings. The van der Waals surface area contributed by atoms with Gasteiger partial charge in [-0.2, -0.15) is 0 Å². The van der Waals surface area contributed by atoms with Crippen molar-refractivity contribution < 1.29 is 19.8 Å². The molecule has 0 fully saturated rings. The Balaban J connectivity index is 2.17. The number of carbonyl (C=O) groups excluding carboxylic acids is 1. The number of fused-ring (bicyclic) bond motifs is 1. The number of anilines is 1. The lowest BCUT2D eigenvalue weighted by molar-refractivity contribution is -0.135. The molecule has 9 heteroatoms. The van der Waals surface area contributed by atoms with Crippen LogP contribution >= 0.6 is 0 Å². The molecule has 29 heavy (non-hydrogen) atoms. The van der Waals surface area contributed by atoms with Crippen molar-refractivity contribution in [1.29, 1.82) is 0 Å². The Morgan fingerprint density at radius 1 is 1.21 bits per heavy atom. The van der Waals surface area contributed by atoms with Crippen LogP contribution in [0.2, 0.25) is 0 Å². The zero-order chi connectivity index (χ0) is 21.3. The maximum Gasteiger partial charge on any atom is 0.322 e. The van der Waals surface area contributed by atoms with E-state index in [1.54, 1.807) is 12.3 Å². The second-order valence-corrected chi connectivity index (χ2v) is 6.70. The summed E-state index contributed by atoms with van der Waals surface area (Å²) in [5.74, 6) is -2.77. The highest BCUT2D eigenvalue weighted by Crippen LogP contribution is 2.30. The first-order valence-corrected chi connectivity index (χ1v) is 8.70. The molecule has 150 valence electrons. The standard InChI is InChI=1S/C20H20N4O5/c1-23(2)13-6-4-5-11(7-13)12-8-14-17(27)16(19(28)22-10-15(25)26)20(29)24(3)18(14)21-9-12/h4-9,27H,10H2,1-3H3,(H,22,28)(H,25,26). The van der Waals surface area contributed by atoms with E-state index in [1.807, 2.05) is 43.3 Å². The number of carbonyl (C=O) groups is 2. The molecule has 0 saturated carbocycles. The summed E-state index contributed by atoms with van der Waals surface area (Å²) in [6.07, 6.45) is 1.58. The summed E-state index contributed by atoms with van der Waals surface area (Å²) in [6.45, 7) is -0.672. The highest BCUT2D eigenvalue weighted by atomic mass is 16.4. The SMILES string of the molecule is CN(C)c1cccc(-c2cnc3c(c2)c(O)c(C(=O)NCC(=O)O)c(=O)n3C)c1. The average Bonchev–Trinajstić information content (AvgIpc) is 2.70. The van der Waals surface area contributed by atoms with Gasteiger partial charge in [-0.15, -0.1) is 0 Å². The van der Waals surface area contributed by atoms with Crippen molar-refractivity contribution in [2.45, 2.75) is 0 Å². The van der Waals surface area contributed by atoms with Crippen LogP contribution in [-0.4, -0.2) is 52.3 Å². The Labute approximate surface area is 165 Å². The second-order valence-electron chi connectivity index (χ2n) is 6.70. The molecule has 2 heterocycles. The number of benzene rings is 1. The lowest BCUT2D eigenvalue weighted by atomic mass is 10.0. The van der Waals surface area contributed by atoms with Gasteiger partial charge in [-0.05, 0) is 23.8 Å². The Kier molecular flexibility index (Phi) is 5.22. The monoisotopic (exact) mass is 396 g/mol. The molecule has 0 spiro atoms. The van der Waals surface area contributed by atoms with Gasteiger partial charge in [0.1, 0.15) is 23.5 Å². The number of carboxylic acids is 1. The summed E-state index contributed by atoms with van der Waals surface area (Å²) in [4.78, 5) is 41.7. The maximum atomic E-state index is 12.5. The molecular weight excluding hydrogens is 376 g/mol. The summed E-state index contributed by atoms with van der Waals surface area (Å²) in [7, 11) is 5.26. The highest BCUT2D eigenvalue weighted by Gasteiger charge is 2.22. The average molecular weight is 396 g/mol. The van der Waals surface area contributed by atoms with Crippen molar-refractivity contribution >= 4 is 28.6 Å². The van der Waals surface area contributed by atoms with E-state index >= 15 is 0 Å². The molecule has 1 aromatic carbocycles. The van der Waals surface area contributed by atoms with Gasteiger partial charge in [0, 0.05) is 38.6 Å². The molecule has 0 saturated heterocycles. The van der Waals surface area contributed by atoms with Gasteiger partial charge in [0.05, 0.1) is 5.39 Å². The first-order chi connectivity index (χ1) is 13.7. The number of aromatic nitrogens is 2. The summed E-state index contributed by atoms with van der Waals surface area (Å²) in [6, 6.07) is 9.31. The Morgan fingerprint density at radius 2 is 1.93 bits per heavy atom. The summed E-state index contributed by atoms with van der Waals surface area (Å²) >= 11 is 0. The molecule has 0 aliphatic heterocycles. The third-order valence-electron chi connectivity index (χ3n) is 4.52. The predicted octanol–water partition coefficient (Wildman–Crippen LogP) is 1.19. The topological polar surface area (TPSA) is 125 Å². The summed E-state index contributed by atoms with van der Waals surface area (Å²) in [5.41, 5.74) is 1.41. The number of aryl methyl sites for hydroxylation is 1. The van der Waals surface area contributed by atoms with Gasteiger partial charge in [0.2, 0.25) is 0 Å². The molecule has 3 N–H and O–H groups in total. The number of hydrogen-bond acceptors (Lipinski definition) is 6. The largest absolute Gasteiger partial charge is 0.506 e. The number of nitrogens with one attached hydrogen (secondary N) is 1. The van der Waals surface area contributed by atoms with E-state index in [0.29, 0.717) is 5.56 Å². The minimum absolute atomic E-state index is 0.204. The van der Waals surface area contributed by atoms with Gasteiger partial charge in [-0.25, -0.2) is 4.98 Å². The van der Waals surface area contributed by atoms with Crippen molar-refractivity contribution in [1.82, 2.24) is 14.9 Å². The third-order valence-corrected chi connectivity index (χ3v) is 4.52. The van der Waals surface area contributed by atoms with E-state index in [4.69, 9.17) is 5.11 Å². The van der Waals surface area contributed by atoms with Crippen molar-refractivity contribution in [2.24, 2.45) is 7.05 Å². The van der Waals surface area contributed by atoms with Gasteiger partial charge in [-0.1, -0.05) is 12.1 Å². The quantitative estimate of drug-likeness (QED) is 0.591. The first-order valence-electron chi connectivity index (χ1n) is 8.70. The number of aromatic hydroxyl groups is 1. The minimum Gasteiger partial charge on any atom is -0.506 e. The molecule has 0 aliphatic carbocycles. The zero-order valence-corrected chi connectivity index (χ0v) is 16.1. The van der Waals surface area contributed by atoms with E-state index in [2.05, 4.69) is 10.3 Å². The molecule has 0 radical (unpaired) electrons. The van der Waals surface area contributed by atoms with Gasteiger partial charge in [0.15, 0.2) is 0 Å². The number of nitrogens with zero attached hydrogens (tertiary/aromatic N) is 3. The Hall–Kier alpha value is -3.88. The molecule has 9 nitrogen and oxygen atoms in total. The van der Waals surface area contributed by atoms with Crippen LogP contribution in [0, 0.1) is 0 Å². The van der Waals surface area contributed by atoms with Crippen LogP contribution in [0.1, 0.15) is 10.4 Å². The van der Waals surface area contributed by atoms with Crippen LogP contribution in [0.5, 0.6) is 5.75 Å². The summed E-state index contributed by atoms with van der Waals surface area (Å²) in [5, 5.41) is 21.7. The van der Waals surface area contributed by atoms with Gasteiger partial charge in [-0.3, -0.25) is 19.0 Å². The molecule has 0 bridgehead atoms. The zero-order valence-electron chi connectivity index (χ0n) is 16.1. The number of pyridine rings is 2. The third kappa shape index (κ3) is 3.75. The maximum absolute atomic E-state index is 12.5. The molecule has 1 amide bonds. The van der Waals surface area contributed by atoms with Crippen LogP contribution in [0.4, 0.5) is 5.69 Å². The van der Waals surface area contributed by atoms with Crippen LogP contribution in [0.3, 0.4) is 0 Å². The number of aliphatic carboxylic acids is 1. The minimum atomic E-state index is -1.26. The highest BCUT2D eigenvalue weighted by molar-refractivity contribution is 6.03. The number of hydrogen-bond donors (Lipinski definition) is 3. The van der Waals surface area contributed by atoms with E-state index in [9.17, 15) is 19.5 Å². The fourth-order valence-corrected chi connectivity index (χ4v) is 2.97. The number of amides is 1. The smallest absolute Gasteiger partial charge is 0.322 e.